The van der Waals surface area contributed by atoms with E-state index >= 15 is 0 Å². The molecule has 0 spiro atoms. The molecular formula is C28H28FNO5. The maximum atomic E-state index is 13.9. The van der Waals surface area contributed by atoms with E-state index in [2.05, 4.69) is 0 Å². The van der Waals surface area contributed by atoms with Crippen LogP contribution in [-0.4, -0.2) is 53.3 Å². The van der Waals surface area contributed by atoms with E-state index in [-0.39, 0.29) is 30.4 Å². The molecule has 2 fully saturated rings. The van der Waals surface area contributed by atoms with Crippen LogP contribution in [0.15, 0.2) is 59.7 Å². The van der Waals surface area contributed by atoms with Gasteiger partial charge in [-0.05, 0) is 59.2 Å². The van der Waals surface area contributed by atoms with E-state index in [1.165, 1.54) is 24.1 Å². The maximum absolute atomic E-state index is 13.9. The SMILES string of the molecule is CN1C(=O)[C@@H]2[C@@H](CC(CO)=C3[C@@H](CC/C(=C/c4ccc(O)c(F)c4)c4ccccc4)OC[C@@H]32)C1=O. The van der Waals surface area contributed by atoms with Crippen molar-refractivity contribution in [3.63, 3.8) is 0 Å². The van der Waals surface area contributed by atoms with Gasteiger partial charge < -0.3 is 14.9 Å². The van der Waals surface area contributed by atoms with E-state index in [4.69, 9.17) is 4.74 Å². The smallest absolute Gasteiger partial charge is 0.233 e. The van der Waals surface area contributed by atoms with Gasteiger partial charge in [-0.25, -0.2) is 4.39 Å². The van der Waals surface area contributed by atoms with Gasteiger partial charge in [0.1, 0.15) is 0 Å². The van der Waals surface area contributed by atoms with E-state index in [1.807, 2.05) is 36.4 Å². The van der Waals surface area contributed by atoms with E-state index < -0.39 is 23.4 Å². The Morgan fingerprint density at radius 3 is 2.63 bits per heavy atom. The fourth-order valence-electron chi connectivity index (χ4n) is 5.83. The van der Waals surface area contributed by atoms with Crippen LogP contribution in [0.5, 0.6) is 5.75 Å². The fraction of sp³-hybridized carbons (Fsp3) is 0.357. The summed E-state index contributed by atoms with van der Waals surface area (Å²) in [6.07, 6.45) is 3.26. The number of aliphatic hydroxyl groups excluding tert-OH is 1. The molecule has 1 aliphatic carbocycles. The summed E-state index contributed by atoms with van der Waals surface area (Å²) in [6, 6.07) is 14.1. The molecule has 2 aromatic carbocycles. The molecular weight excluding hydrogens is 449 g/mol. The minimum atomic E-state index is -0.677. The normalized spacial score (nSPS) is 26.4. The lowest BCUT2D eigenvalue weighted by Gasteiger charge is -2.31. The number of phenolic OH excluding ortho intramolecular Hbond substituents is 1. The zero-order valence-corrected chi connectivity index (χ0v) is 19.5. The number of ether oxygens (including phenoxy) is 1. The van der Waals surface area contributed by atoms with Crippen molar-refractivity contribution in [1.82, 2.24) is 4.90 Å². The molecule has 182 valence electrons. The highest BCUT2D eigenvalue weighted by Crippen LogP contribution is 2.49. The lowest BCUT2D eigenvalue weighted by Crippen LogP contribution is -2.34. The number of phenols is 1. The van der Waals surface area contributed by atoms with Gasteiger partial charge in [-0.1, -0.05) is 42.5 Å². The molecule has 2 aliphatic heterocycles. The molecule has 6 nitrogen and oxygen atoms in total. The molecule has 35 heavy (non-hydrogen) atoms. The fourth-order valence-corrected chi connectivity index (χ4v) is 5.83. The van der Waals surface area contributed by atoms with Crippen molar-refractivity contribution in [2.24, 2.45) is 17.8 Å². The van der Waals surface area contributed by atoms with Gasteiger partial charge in [0, 0.05) is 13.0 Å². The van der Waals surface area contributed by atoms with Crippen LogP contribution in [0.4, 0.5) is 4.39 Å². The zero-order valence-electron chi connectivity index (χ0n) is 19.5. The van der Waals surface area contributed by atoms with Crippen molar-refractivity contribution in [3.05, 3.63) is 76.6 Å². The monoisotopic (exact) mass is 477 g/mol. The number of aliphatic hydroxyl groups is 1. The van der Waals surface area contributed by atoms with Crippen molar-refractivity contribution >= 4 is 23.5 Å². The number of amides is 2. The van der Waals surface area contributed by atoms with Crippen molar-refractivity contribution in [3.8, 4) is 5.75 Å². The summed E-state index contributed by atoms with van der Waals surface area (Å²) >= 11 is 0. The number of carbonyl (C=O) groups is 2. The zero-order chi connectivity index (χ0) is 24.7. The number of likely N-dealkylation sites (tertiary alicyclic amines) is 1. The van der Waals surface area contributed by atoms with E-state index in [9.17, 15) is 24.2 Å². The summed E-state index contributed by atoms with van der Waals surface area (Å²) in [4.78, 5) is 26.6. The second-order valence-electron chi connectivity index (χ2n) is 9.50. The maximum Gasteiger partial charge on any atom is 0.233 e. The van der Waals surface area contributed by atoms with Crippen LogP contribution in [0.1, 0.15) is 30.4 Å². The Balaban J connectivity index is 1.42. The molecule has 0 bridgehead atoms. The molecule has 3 aliphatic rings. The molecule has 0 radical (unpaired) electrons. The quantitative estimate of drug-likeness (QED) is 0.376. The molecule has 0 unspecified atom stereocenters. The molecule has 4 atom stereocenters. The van der Waals surface area contributed by atoms with Crippen molar-refractivity contribution in [1.29, 1.82) is 0 Å². The van der Waals surface area contributed by atoms with Gasteiger partial charge in [0.15, 0.2) is 11.6 Å². The topological polar surface area (TPSA) is 87.1 Å². The van der Waals surface area contributed by atoms with Gasteiger partial charge in [-0.2, -0.15) is 0 Å². The van der Waals surface area contributed by atoms with Crippen molar-refractivity contribution in [2.75, 3.05) is 20.3 Å². The first kappa shape index (κ1) is 23.5. The van der Waals surface area contributed by atoms with Crippen LogP contribution in [0.25, 0.3) is 11.6 Å². The van der Waals surface area contributed by atoms with Crippen LogP contribution in [0.3, 0.4) is 0 Å². The number of nitrogens with zero attached hydrogens (tertiary/aromatic N) is 1. The van der Waals surface area contributed by atoms with E-state index in [1.54, 1.807) is 6.07 Å². The van der Waals surface area contributed by atoms with Gasteiger partial charge in [0.2, 0.25) is 11.8 Å². The first-order valence-corrected chi connectivity index (χ1v) is 11.9. The summed E-state index contributed by atoms with van der Waals surface area (Å²) in [7, 11) is 1.53. The summed E-state index contributed by atoms with van der Waals surface area (Å²) in [5.41, 5.74) is 4.38. The number of carbonyl (C=O) groups excluding carboxylic acids is 2. The minimum absolute atomic E-state index is 0.158. The Kier molecular flexibility index (Phi) is 6.30. The van der Waals surface area contributed by atoms with E-state index in [0.29, 0.717) is 31.4 Å². The largest absolute Gasteiger partial charge is 0.505 e. The predicted octanol–water partition coefficient (Wildman–Crippen LogP) is 3.79. The van der Waals surface area contributed by atoms with Crippen molar-refractivity contribution < 1.29 is 28.9 Å². The number of hydrogen-bond donors (Lipinski definition) is 2. The Morgan fingerprint density at radius 1 is 1.14 bits per heavy atom. The highest BCUT2D eigenvalue weighted by molar-refractivity contribution is 6.05. The van der Waals surface area contributed by atoms with Crippen LogP contribution in [-0.2, 0) is 14.3 Å². The van der Waals surface area contributed by atoms with Gasteiger partial charge in [-0.15, -0.1) is 0 Å². The van der Waals surface area contributed by atoms with Crippen molar-refractivity contribution in [2.45, 2.75) is 25.4 Å². The first-order chi connectivity index (χ1) is 16.9. The highest BCUT2D eigenvalue weighted by atomic mass is 19.1. The molecule has 0 aromatic heterocycles. The highest BCUT2D eigenvalue weighted by Gasteiger charge is 2.55. The predicted molar refractivity (Wildman–Crippen MR) is 128 cm³/mol. The van der Waals surface area contributed by atoms with E-state index in [0.717, 1.165) is 22.3 Å². The molecule has 5 rings (SSSR count). The average molecular weight is 478 g/mol. The van der Waals surface area contributed by atoms with Gasteiger partial charge in [0.05, 0.1) is 31.2 Å². The third kappa shape index (κ3) is 4.19. The van der Waals surface area contributed by atoms with Gasteiger partial charge in [-0.3, -0.25) is 14.5 Å². The standard InChI is InChI=1S/C28H28FNO5/c1-30-27(33)20-13-19(14-31)25-21(26(20)28(30)34)15-35-24(25)10-8-18(17-5-3-2-4-6-17)11-16-7-9-23(32)22(29)12-16/h2-7,9,11-12,20-21,24,26,31-32H,8,10,13-15H2,1H3/b18-11-/t20-,21+,24-,26-/m1/s1. The summed E-state index contributed by atoms with van der Waals surface area (Å²) in [6.45, 7) is 0.194. The molecule has 2 heterocycles. The van der Waals surface area contributed by atoms with Crippen LogP contribution >= 0.6 is 0 Å². The molecule has 7 heteroatoms. The van der Waals surface area contributed by atoms with Crippen LogP contribution < -0.4 is 0 Å². The average Bonchev–Trinajstić information content (AvgIpc) is 3.39. The third-order valence-corrected chi connectivity index (χ3v) is 7.55. The molecule has 2 aromatic rings. The Labute approximate surface area is 203 Å². The number of imide groups is 1. The number of fused-ring (bicyclic) bond motifs is 3. The Morgan fingerprint density at radius 2 is 1.91 bits per heavy atom. The number of rotatable bonds is 6. The van der Waals surface area contributed by atoms with Gasteiger partial charge >= 0.3 is 0 Å². The van der Waals surface area contributed by atoms with Gasteiger partial charge in [0.25, 0.3) is 0 Å². The first-order valence-electron chi connectivity index (χ1n) is 11.9. The van der Waals surface area contributed by atoms with Crippen LogP contribution in [0, 0.1) is 23.6 Å². The van der Waals surface area contributed by atoms with Crippen LogP contribution in [0.2, 0.25) is 0 Å². The molecule has 2 N–H and O–H groups in total. The summed E-state index contributed by atoms with van der Waals surface area (Å²) in [5.74, 6) is -2.45. The number of hydrogen-bond acceptors (Lipinski definition) is 5. The second kappa shape index (κ2) is 9.40. The minimum Gasteiger partial charge on any atom is -0.505 e. The lowest BCUT2D eigenvalue weighted by molar-refractivity contribution is -0.138. The second-order valence-corrected chi connectivity index (χ2v) is 9.50. The number of allylic oxidation sites excluding steroid dienone is 1. The lowest BCUT2D eigenvalue weighted by atomic mass is 9.69. The number of aromatic hydroxyl groups is 1. The Hall–Kier alpha value is -3.29. The number of halogens is 1. The molecule has 2 amide bonds. The molecule has 2 saturated heterocycles. The Bertz CT molecular complexity index is 1220. The summed E-state index contributed by atoms with van der Waals surface area (Å²) in [5, 5.41) is 19.6. The number of benzene rings is 2. The molecule has 0 saturated carbocycles. The third-order valence-electron chi connectivity index (χ3n) is 7.55. The summed E-state index contributed by atoms with van der Waals surface area (Å²) < 4.78 is 20.1.